The molecule has 1 aliphatic heterocycles. The normalized spacial score (nSPS) is 17.2. The lowest BCUT2D eigenvalue weighted by Gasteiger charge is -2.14. The number of hydrogen-bond donors (Lipinski definition) is 1. The van der Waals surface area contributed by atoms with E-state index in [9.17, 15) is 4.79 Å². The molecule has 1 amide bonds. The second-order valence-electron chi connectivity index (χ2n) is 5.44. The molecule has 7 nitrogen and oxygen atoms in total. The van der Waals surface area contributed by atoms with Crippen molar-refractivity contribution in [2.24, 2.45) is 5.92 Å². The van der Waals surface area contributed by atoms with Crippen molar-refractivity contribution in [3.63, 3.8) is 0 Å². The van der Waals surface area contributed by atoms with Crippen LogP contribution >= 0.6 is 0 Å². The molecule has 0 fully saturated rings. The summed E-state index contributed by atoms with van der Waals surface area (Å²) in [5.41, 5.74) is 1.22. The molecule has 0 radical (unpaired) electrons. The molecule has 22 heavy (non-hydrogen) atoms. The second kappa shape index (κ2) is 7.02. The van der Waals surface area contributed by atoms with Crippen LogP contribution in [0.2, 0.25) is 0 Å². The van der Waals surface area contributed by atoms with E-state index in [0.29, 0.717) is 32.0 Å². The maximum atomic E-state index is 11.9. The number of nitrogens with one attached hydrogen (secondary N) is 1. The lowest BCUT2D eigenvalue weighted by atomic mass is 9.97. The highest BCUT2D eigenvalue weighted by molar-refractivity contribution is 5.75. The monoisotopic (exact) mass is 301 g/mol. The summed E-state index contributed by atoms with van der Waals surface area (Å²) >= 11 is 0. The fraction of sp³-hybridized carbons (Fsp3) is 0.467. The number of carbonyl (C=O) groups excluding carboxylic acids is 1. The molecule has 1 aliphatic rings. The van der Waals surface area contributed by atoms with E-state index in [4.69, 9.17) is 4.74 Å². The van der Waals surface area contributed by atoms with E-state index >= 15 is 0 Å². The lowest BCUT2D eigenvalue weighted by Crippen LogP contribution is -2.31. The molecule has 1 N–H and O–H groups in total. The summed E-state index contributed by atoms with van der Waals surface area (Å²) in [7, 11) is 0. The number of tetrazole rings is 1. The molecule has 1 atom stereocenters. The van der Waals surface area contributed by atoms with Crippen molar-refractivity contribution in [2.45, 2.75) is 25.8 Å². The topological polar surface area (TPSA) is 81.9 Å². The number of benzene rings is 1. The number of rotatable bonds is 5. The van der Waals surface area contributed by atoms with Gasteiger partial charge in [-0.25, -0.2) is 4.68 Å². The summed E-state index contributed by atoms with van der Waals surface area (Å²) in [6.45, 7) is 1.86. The van der Waals surface area contributed by atoms with E-state index in [-0.39, 0.29) is 5.91 Å². The zero-order valence-corrected chi connectivity index (χ0v) is 12.3. The molecule has 3 rings (SSSR count). The molecule has 0 saturated carbocycles. The maximum absolute atomic E-state index is 11.9. The Labute approximate surface area is 128 Å². The fourth-order valence-electron chi connectivity index (χ4n) is 2.58. The zero-order valence-electron chi connectivity index (χ0n) is 12.3. The molecule has 1 aromatic heterocycles. The minimum atomic E-state index is 0.0222. The molecule has 2 aromatic rings. The highest BCUT2D eigenvalue weighted by Gasteiger charge is 2.17. The van der Waals surface area contributed by atoms with Crippen molar-refractivity contribution in [1.29, 1.82) is 0 Å². The van der Waals surface area contributed by atoms with E-state index in [0.717, 1.165) is 18.6 Å². The molecule has 0 bridgehead atoms. The number of para-hydroxylation sites is 1. The number of aromatic nitrogens is 4. The van der Waals surface area contributed by atoms with Crippen LogP contribution in [-0.4, -0.2) is 39.3 Å². The number of carbonyl (C=O) groups is 1. The van der Waals surface area contributed by atoms with Crippen molar-refractivity contribution in [3.05, 3.63) is 36.2 Å². The van der Waals surface area contributed by atoms with Gasteiger partial charge in [-0.2, -0.15) is 0 Å². The Hall–Kier alpha value is -2.44. The predicted molar refractivity (Wildman–Crippen MR) is 79.2 cm³/mol. The summed E-state index contributed by atoms with van der Waals surface area (Å²) in [5.74, 6) is 1.39. The molecular weight excluding hydrogens is 282 g/mol. The Kier molecular flexibility index (Phi) is 4.62. The summed E-state index contributed by atoms with van der Waals surface area (Å²) in [6.07, 6.45) is 3.77. The van der Waals surface area contributed by atoms with Gasteiger partial charge in [0.05, 0.1) is 13.2 Å². The molecule has 0 saturated heterocycles. The Bertz CT molecular complexity index is 614. The molecule has 116 valence electrons. The zero-order chi connectivity index (χ0) is 15.2. The first-order valence-corrected chi connectivity index (χ1v) is 7.49. The molecule has 2 heterocycles. The largest absolute Gasteiger partial charge is 0.493 e. The van der Waals surface area contributed by atoms with Gasteiger partial charge in [0.25, 0.3) is 0 Å². The highest BCUT2D eigenvalue weighted by Crippen LogP contribution is 2.26. The Morgan fingerprint density at radius 2 is 2.32 bits per heavy atom. The third kappa shape index (κ3) is 3.81. The predicted octanol–water partition coefficient (Wildman–Crippen LogP) is 0.821. The molecular formula is C15H19N5O2. The quantitative estimate of drug-likeness (QED) is 0.884. The van der Waals surface area contributed by atoms with Gasteiger partial charge in [0.15, 0.2) is 0 Å². The average molecular weight is 301 g/mol. The molecule has 0 unspecified atom stereocenters. The van der Waals surface area contributed by atoms with Crippen LogP contribution in [0.25, 0.3) is 0 Å². The van der Waals surface area contributed by atoms with Gasteiger partial charge >= 0.3 is 0 Å². The molecule has 0 spiro atoms. The van der Waals surface area contributed by atoms with E-state index in [1.165, 1.54) is 11.9 Å². The number of fused-ring (bicyclic) bond motifs is 1. The molecule has 7 heteroatoms. The number of ether oxygens (including phenoxy) is 1. The van der Waals surface area contributed by atoms with Crippen LogP contribution in [0.3, 0.4) is 0 Å². The first-order chi connectivity index (χ1) is 10.8. The first kappa shape index (κ1) is 14.5. The van der Waals surface area contributed by atoms with E-state index in [1.54, 1.807) is 4.68 Å². The SMILES string of the molecule is O=C(CCn1cnnn1)NC[C@@H]1CCOc2ccccc2C1. The fourth-order valence-corrected chi connectivity index (χ4v) is 2.58. The van der Waals surface area contributed by atoms with Crippen LogP contribution < -0.4 is 10.1 Å². The van der Waals surface area contributed by atoms with Crippen LogP contribution in [-0.2, 0) is 17.8 Å². The van der Waals surface area contributed by atoms with Crippen molar-refractivity contribution >= 4 is 5.91 Å². The van der Waals surface area contributed by atoms with Crippen LogP contribution in [0.4, 0.5) is 0 Å². The Morgan fingerprint density at radius 3 is 3.18 bits per heavy atom. The van der Waals surface area contributed by atoms with Gasteiger partial charge in [0, 0.05) is 13.0 Å². The lowest BCUT2D eigenvalue weighted by molar-refractivity contribution is -0.121. The third-order valence-electron chi connectivity index (χ3n) is 3.81. The summed E-state index contributed by atoms with van der Waals surface area (Å²) in [5, 5.41) is 13.8. The molecule has 0 aliphatic carbocycles. The Balaban J connectivity index is 1.46. The van der Waals surface area contributed by atoms with Crippen molar-refractivity contribution in [1.82, 2.24) is 25.5 Å². The van der Waals surface area contributed by atoms with Crippen molar-refractivity contribution < 1.29 is 9.53 Å². The van der Waals surface area contributed by atoms with Crippen LogP contribution in [0.1, 0.15) is 18.4 Å². The Morgan fingerprint density at radius 1 is 1.41 bits per heavy atom. The van der Waals surface area contributed by atoms with Gasteiger partial charge in [-0.15, -0.1) is 5.10 Å². The van der Waals surface area contributed by atoms with Crippen molar-refractivity contribution in [3.8, 4) is 5.75 Å². The van der Waals surface area contributed by atoms with Gasteiger partial charge in [0.1, 0.15) is 12.1 Å². The number of hydrogen-bond acceptors (Lipinski definition) is 5. The summed E-state index contributed by atoms with van der Waals surface area (Å²) in [6, 6.07) is 8.10. The highest BCUT2D eigenvalue weighted by atomic mass is 16.5. The number of aryl methyl sites for hydroxylation is 1. The van der Waals surface area contributed by atoms with Crippen LogP contribution in [0.5, 0.6) is 5.75 Å². The van der Waals surface area contributed by atoms with Crippen LogP contribution in [0, 0.1) is 5.92 Å². The third-order valence-corrected chi connectivity index (χ3v) is 3.81. The standard InChI is InChI=1S/C15H19N5O2/c21-15(5-7-20-11-17-18-19-20)16-10-12-6-8-22-14-4-2-1-3-13(14)9-12/h1-4,11-12H,5-10H2,(H,16,21)/t12-/m1/s1. The molecule has 1 aromatic carbocycles. The second-order valence-corrected chi connectivity index (χ2v) is 5.44. The maximum Gasteiger partial charge on any atom is 0.221 e. The first-order valence-electron chi connectivity index (χ1n) is 7.49. The number of nitrogens with zero attached hydrogens (tertiary/aromatic N) is 4. The number of amides is 1. The minimum absolute atomic E-state index is 0.0222. The average Bonchev–Trinajstić information content (AvgIpc) is 2.96. The van der Waals surface area contributed by atoms with E-state index in [1.807, 2.05) is 18.2 Å². The van der Waals surface area contributed by atoms with E-state index in [2.05, 4.69) is 26.9 Å². The minimum Gasteiger partial charge on any atom is -0.493 e. The van der Waals surface area contributed by atoms with Gasteiger partial charge in [-0.05, 0) is 40.8 Å². The van der Waals surface area contributed by atoms with Gasteiger partial charge < -0.3 is 10.1 Å². The summed E-state index contributed by atoms with van der Waals surface area (Å²) < 4.78 is 7.29. The van der Waals surface area contributed by atoms with Gasteiger partial charge in [-0.1, -0.05) is 18.2 Å². The van der Waals surface area contributed by atoms with Gasteiger partial charge in [-0.3, -0.25) is 4.79 Å². The van der Waals surface area contributed by atoms with E-state index < -0.39 is 0 Å². The van der Waals surface area contributed by atoms with Crippen LogP contribution in [0.15, 0.2) is 30.6 Å². The van der Waals surface area contributed by atoms with Crippen molar-refractivity contribution in [2.75, 3.05) is 13.2 Å². The summed E-state index contributed by atoms with van der Waals surface area (Å²) in [4.78, 5) is 11.9. The smallest absolute Gasteiger partial charge is 0.221 e. The van der Waals surface area contributed by atoms with Gasteiger partial charge in [0.2, 0.25) is 5.91 Å².